The number of rotatable bonds is 4. The van der Waals surface area contributed by atoms with E-state index in [9.17, 15) is 18.0 Å². The van der Waals surface area contributed by atoms with Crippen LogP contribution in [0.5, 0.6) is 5.75 Å². The van der Waals surface area contributed by atoms with Crippen molar-refractivity contribution in [3.63, 3.8) is 0 Å². The Morgan fingerprint density at radius 1 is 1.07 bits per heavy atom. The number of sulfonamides is 1. The molecule has 29 heavy (non-hydrogen) atoms. The lowest BCUT2D eigenvalue weighted by molar-refractivity contribution is -0.122. The lowest BCUT2D eigenvalue weighted by Crippen LogP contribution is -2.35. The van der Waals surface area contributed by atoms with Crippen LogP contribution in [0.15, 0.2) is 42.5 Å². The summed E-state index contributed by atoms with van der Waals surface area (Å²) in [5.41, 5.74) is 2.49. The zero-order valence-electron chi connectivity index (χ0n) is 16.4. The van der Waals surface area contributed by atoms with Crippen LogP contribution in [0.2, 0.25) is 0 Å². The molecule has 2 aromatic rings. The Morgan fingerprint density at radius 3 is 2.28 bits per heavy atom. The highest BCUT2D eigenvalue weighted by atomic mass is 32.2. The molecule has 0 aromatic heterocycles. The molecule has 1 heterocycles. The second-order valence-corrected chi connectivity index (χ2v) is 8.86. The van der Waals surface area contributed by atoms with E-state index in [1.807, 2.05) is 6.92 Å². The summed E-state index contributed by atoms with van der Waals surface area (Å²) in [6.07, 6.45) is 0.491. The minimum Gasteiger partial charge on any atom is -0.478 e. The maximum Gasteiger partial charge on any atom is 0.265 e. The van der Waals surface area contributed by atoms with E-state index in [4.69, 9.17) is 4.74 Å². The number of carbonyl (C=O) groups is 2. The minimum absolute atomic E-state index is 0.134. The molecule has 8 nitrogen and oxygen atoms in total. The third kappa shape index (κ3) is 5.05. The first-order valence-corrected chi connectivity index (χ1v) is 10.9. The summed E-state index contributed by atoms with van der Waals surface area (Å²) in [5.74, 6) is -0.211. The Labute approximate surface area is 169 Å². The molecule has 0 bridgehead atoms. The molecule has 0 saturated carbocycles. The van der Waals surface area contributed by atoms with Crippen LogP contribution in [0.4, 0.5) is 17.1 Å². The maximum absolute atomic E-state index is 12.7. The fourth-order valence-corrected chi connectivity index (χ4v) is 4.02. The first-order valence-electron chi connectivity index (χ1n) is 9.07. The van der Waals surface area contributed by atoms with Gasteiger partial charge in [0.05, 0.1) is 11.9 Å². The van der Waals surface area contributed by atoms with Gasteiger partial charge in [-0.25, -0.2) is 8.42 Å². The summed E-state index contributed by atoms with van der Waals surface area (Å²) in [4.78, 5) is 23.8. The number of ether oxygens (including phenoxy) is 1. The van der Waals surface area contributed by atoms with Crippen LogP contribution >= 0.6 is 0 Å². The minimum atomic E-state index is -3.52. The molecule has 3 rings (SSSR count). The van der Waals surface area contributed by atoms with Gasteiger partial charge < -0.3 is 15.4 Å². The van der Waals surface area contributed by atoms with Gasteiger partial charge in [0.25, 0.3) is 5.91 Å². The van der Waals surface area contributed by atoms with Gasteiger partial charge >= 0.3 is 0 Å². The van der Waals surface area contributed by atoms with Gasteiger partial charge in [-0.15, -0.1) is 0 Å². The molecular weight excluding hydrogens is 394 g/mol. The predicted octanol–water partition coefficient (Wildman–Crippen LogP) is 2.51. The molecule has 1 aliphatic heterocycles. The molecule has 9 heteroatoms. The molecule has 154 valence electrons. The maximum atomic E-state index is 12.7. The van der Waals surface area contributed by atoms with Gasteiger partial charge in [0.1, 0.15) is 5.75 Å². The number of aryl methyl sites for hydroxylation is 1. The van der Waals surface area contributed by atoms with Gasteiger partial charge in [-0.3, -0.25) is 13.9 Å². The molecule has 2 aromatic carbocycles. The van der Waals surface area contributed by atoms with Gasteiger partial charge in [-0.05, 0) is 48.9 Å². The molecular formula is C20H23N3O5S. The van der Waals surface area contributed by atoms with E-state index in [-0.39, 0.29) is 24.8 Å². The number of amides is 2. The Hall–Kier alpha value is -3.07. The number of fused-ring (bicyclic) bond motifs is 1. The average Bonchev–Trinajstić information content (AvgIpc) is 2.82. The van der Waals surface area contributed by atoms with Crippen LogP contribution in [0.1, 0.15) is 18.9 Å². The smallest absolute Gasteiger partial charge is 0.265 e. The van der Waals surface area contributed by atoms with Crippen LogP contribution in [0.25, 0.3) is 0 Å². The van der Waals surface area contributed by atoms with Gasteiger partial charge in [-0.2, -0.15) is 0 Å². The third-order valence-electron chi connectivity index (χ3n) is 4.41. The zero-order valence-corrected chi connectivity index (χ0v) is 17.2. The summed E-state index contributed by atoms with van der Waals surface area (Å²) in [6.45, 7) is 3.41. The average molecular weight is 417 g/mol. The van der Waals surface area contributed by atoms with Crippen molar-refractivity contribution in [3.8, 4) is 5.75 Å². The normalized spacial score (nSPS) is 16.2. The quantitative estimate of drug-likeness (QED) is 0.795. The lowest BCUT2D eigenvalue weighted by Gasteiger charge is -2.21. The second kappa shape index (κ2) is 8.12. The topological polar surface area (TPSA) is 105 Å². The van der Waals surface area contributed by atoms with Crippen LogP contribution in [0, 0.1) is 6.92 Å². The van der Waals surface area contributed by atoms with Gasteiger partial charge in [-0.1, -0.05) is 6.07 Å². The van der Waals surface area contributed by atoms with Crippen molar-refractivity contribution in [2.75, 3.05) is 27.7 Å². The van der Waals surface area contributed by atoms with E-state index >= 15 is 0 Å². The van der Waals surface area contributed by atoms with Crippen LogP contribution in [-0.2, 0) is 19.6 Å². The predicted molar refractivity (Wildman–Crippen MR) is 112 cm³/mol. The molecule has 2 amide bonds. The summed E-state index contributed by atoms with van der Waals surface area (Å²) < 4.78 is 31.6. The summed E-state index contributed by atoms with van der Waals surface area (Å²) in [5, 5.41) is 5.42. The zero-order chi connectivity index (χ0) is 21.2. The Bertz CT molecular complexity index is 1030. The standard InChI is InChI=1S/C20H23N3O5S/c1-13-4-9-18-17(12-13)23(29(3,26)27)11-10-19(28-18)20(25)22-16-7-5-15(6-8-16)21-14(2)24/h4-9,12,19H,10-11H2,1-3H3,(H,21,24)(H,22,25). The highest BCUT2D eigenvalue weighted by molar-refractivity contribution is 7.92. The van der Waals surface area contributed by atoms with Crippen molar-refractivity contribution in [2.24, 2.45) is 0 Å². The fourth-order valence-electron chi connectivity index (χ4n) is 3.08. The molecule has 1 unspecified atom stereocenters. The van der Waals surface area contributed by atoms with Crippen LogP contribution in [-0.4, -0.2) is 39.1 Å². The van der Waals surface area contributed by atoms with Crippen molar-refractivity contribution in [3.05, 3.63) is 48.0 Å². The third-order valence-corrected chi connectivity index (χ3v) is 5.59. The summed E-state index contributed by atoms with van der Waals surface area (Å²) >= 11 is 0. The highest BCUT2D eigenvalue weighted by Crippen LogP contribution is 2.35. The van der Waals surface area contributed by atoms with E-state index in [0.29, 0.717) is 22.8 Å². The number of hydrogen-bond acceptors (Lipinski definition) is 5. The van der Waals surface area contributed by atoms with Crippen LogP contribution in [0.3, 0.4) is 0 Å². The molecule has 0 fully saturated rings. The van der Waals surface area contributed by atoms with E-state index in [0.717, 1.165) is 11.8 Å². The van der Waals surface area contributed by atoms with E-state index in [2.05, 4.69) is 10.6 Å². The number of carbonyl (C=O) groups excluding carboxylic acids is 2. The Balaban J connectivity index is 1.78. The van der Waals surface area contributed by atoms with Crippen molar-refractivity contribution in [2.45, 2.75) is 26.4 Å². The van der Waals surface area contributed by atoms with Gasteiger partial charge in [0.2, 0.25) is 15.9 Å². The van der Waals surface area contributed by atoms with Gasteiger partial charge in [0.15, 0.2) is 6.10 Å². The van der Waals surface area contributed by atoms with Crippen molar-refractivity contribution in [1.29, 1.82) is 0 Å². The molecule has 0 saturated heterocycles. The molecule has 0 aliphatic carbocycles. The number of anilines is 3. The van der Waals surface area contributed by atoms with Crippen molar-refractivity contribution in [1.82, 2.24) is 0 Å². The molecule has 0 radical (unpaired) electrons. The molecule has 1 aliphatic rings. The van der Waals surface area contributed by atoms with Crippen molar-refractivity contribution < 1.29 is 22.7 Å². The summed E-state index contributed by atoms with van der Waals surface area (Å²) in [6, 6.07) is 11.9. The molecule has 1 atom stereocenters. The molecule has 0 spiro atoms. The van der Waals surface area contributed by atoms with Crippen LogP contribution < -0.4 is 19.7 Å². The van der Waals surface area contributed by atoms with Gasteiger partial charge in [0, 0.05) is 31.3 Å². The Kier molecular flexibility index (Phi) is 5.78. The highest BCUT2D eigenvalue weighted by Gasteiger charge is 2.31. The second-order valence-electron chi connectivity index (χ2n) is 6.95. The first kappa shape index (κ1) is 20.7. The van der Waals surface area contributed by atoms with E-state index in [1.54, 1.807) is 42.5 Å². The van der Waals surface area contributed by atoms with E-state index in [1.165, 1.54) is 11.2 Å². The number of nitrogens with one attached hydrogen (secondary N) is 2. The number of nitrogens with zero attached hydrogens (tertiary/aromatic N) is 1. The monoisotopic (exact) mass is 417 g/mol. The SMILES string of the molecule is CC(=O)Nc1ccc(NC(=O)C2CCN(S(C)(=O)=O)c3cc(C)ccc3O2)cc1. The fraction of sp³-hybridized carbons (Fsp3) is 0.300. The molecule has 2 N–H and O–H groups in total. The number of hydrogen-bond donors (Lipinski definition) is 2. The number of benzene rings is 2. The lowest BCUT2D eigenvalue weighted by atomic mass is 10.2. The summed E-state index contributed by atoms with van der Waals surface area (Å²) in [7, 11) is -3.52. The Morgan fingerprint density at radius 2 is 1.69 bits per heavy atom. The van der Waals surface area contributed by atoms with E-state index < -0.39 is 16.1 Å². The van der Waals surface area contributed by atoms with Crippen molar-refractivity contribution >= 4 is 38.9 Å². The first-order chi connectivity index (χ1) is 13.6. The largest absolute Gasteiger partial charge is 0.478 e.